The first-order valence-corrected chi connectivity index (χ1v) is 24.4. The average molecular weight is 895 g/mol. The molecule has 3 heterocycles. The monoisotopic (exact) mass is 894 g/mol. The average Bonchev–Trinajstić information content (AvgIpc) is 3.75. The second-order valence-corrected chi connectivity index (χ2v) is 17.9. The van der Waals surface area contributed by atoms with Crippen LogP contribution in [0.3, 0.4) is 0 Å². The molecule has 5 heteroatoms. The SMILES string of the molecule is C=CC1=C(/C=C\C)N(c2ccccc2)c2ccc(-c3ccc4c5c6ccccc6ccc5n(C5=CC(c6nc(-c7ccc(-c8ccccc8)cc7)c7ccccc7n6)=CCC5)c4c3)cc2S1.CC. The zero-order chi connectivity index (χ0) is 46.1. The van der Waals surface area contributed by atoms with Gasteiger partial charge in [-0.05, 0) is 107 Å². The zero-order valence-corrected chi connectivity index (χ0v) is 39.3. The van der Waals surface area contributed by atoms with E-state index in [1.165, 1.54) is 65.4 Å². The van der Waals surface area contributed by atoms with Crippen LogP contribution in [0.25, 0.3) is 88.3 Å². The molecular formula is C63H50N4S. The van der Waals surface area contributed by atoms with E-state index in [2.05, 4.69) is 229 Å². The van der Waals surface area contributed by atoms with Crippen molar-refractivity contribution in [1.82, 2.24) is 14.5 Å². The number of para-hydroxylation sites is 2. The molecule has 12 rings (SSSR count). The molecule has 0 saturated heterocycles. The number of fused-ring (bicyclic) bond motifs is 7. The summed E-state index contributed by atoms with van der Waals surface area (Å²) >= 11 is 1.78. The molecule has 0 saturated carbocycles. The highest BCUT2D eigenvalue weighted by molar-refractivity contribution is 8.03. The van der Waals surface area contributed by atoms with Crippen molar-refractivity contribution in [2.45, 2.75) is 38.5 Å². The third kappa shape index (κ3) is 7.55. The van der Waals surface area contributed by atoms with E-state index in [0.29, 0.717) is 0 Å². The molecule has 0 N–H and O–H groups in total. The molecule has 0 atom stereocenters. The number of anilines is 2. The van der Waals surface area contributed by atoms with E-state index in [4.69, 9.17) is 9.97 Å². The summed E-state index contributed by atoms with van der Waals surface area (Å²) < 4.78 is 2.50. The molecule has 0 radical (unpaired) electrons. The summed E-state index contributed by atoms with van der Waals surface area (Å²) in [6.07, 6.45) is 12.7. The van der Waals surface area contributed by atoms with Crippen LogP contribution in [0.2, 0.25) is 0 Å². The summed E-state index contributed by atoms with van der Waals surface area (Å²) in [5.41, 5.74) is 15.7. The van der Waals surface area contributed by atoms with Gasteiger partial charge in [0.05, 0.1) is 33.6 Å². The van der Waals surface area contributed by atoms with Crippen LogP contribution in [-0.2, 0) is 0 Å². The molecule has 0 amide bonds. The molecular weight excluding hydrogens is 845 g/mol. The number of allylic oxidation sites excluding steroid dienone is 7. The summed E-state index contributed by atoms with van der Waals surface area (Å²) in [6, 6.07) is 65.5. The van der Waals surface area contributed by atoms with Crippen molar-refractivity contribution in [3.8, 4) is 33.5 Å². The predicted molar refractivity (Wildman–Crippen MR) is 292 cm³/mol. The maximum atomic E-state index is 5.37. The zero-order valence-electron chi connectivity index (χ0n) is 38.5. The number of benzene rings is 8. The van der Waals surface area contributed by atoms with Crippen molar-refractivity contribution >= 4 is 77.9 Å². The lowest BCUT2D eigenvalue weighted by atomic mass is 9.99. The fourth-order valence-corrected chi connectivity index (χ4v) is 10.9. The van der Waals surface area contributed by atoms with E-state index in [-0.39, 0.29) is 0 Å². The highest BCUT2D eigenvalue weighted by Crippen LogP contribution is 2.49. The minimum absolute atomic E-state index is 0.738. The quantitative estimate of drug-likeness (QED) is 0.152. The Hall–Kier alpha value is -7.99. The molecule has 10 aromatic rings. The Morgan fingerprint density at radius 1 is 0.603 bits per heavy atom. The third-order valence-electron chi connectivity index (χ3n) is 12.9. The molecule has 0 bridgehead atoms. The first kappa shape index (κ1) is 42.6. The highest BCUT2D eigenvalue weighted by Gasteiger charge is 2.26. The Balaban J connectivity index is 0.00000250. The Labute approximate surface area is 402 Å². The van der Waals surface area contributed by atoms with Crippen LogP contribution in [0.1, 0.15) is 39.4 Å². The molecule has 68 heavy (non-hydrogen) atoms. The van der Waals surface area contributed by atoms with Crippen molar-refractivity contribution in [2.75, 3.05) is 4.90 Å². The first-order valence-electron chi connectivity index (χ1n) is 23.6. The lowest BCUT2D eigenvalue weighted by Gasteiger charge is -2.33. The number of hydrogen-bond acceptors (Lipinski definition) is 4. The topological polar surface area (TPSA) is 34.0 Å². The highest BCUT2D eigenvalue weighted by atomic mass is 32.2. The largest absolute Gasteiger partial charge is 0.313 e. The van der Waals surface area contributed by atoms with Crippen LogP contribution < -0.4 is 4.90 Å². The van der Waals surface area contributed by atoms with Gasteiger partial charge in [0.1, 0.15) is 0 Å². The lowest BCUT2D eigenvalue weighted by molar-refractivity contribution is 0.978. The minimum atomic E-state index is 0.738. The van der Waals surface area contributed by atoms with Gasteiger partial charge in [-0.2, -0.15) is 0 Å². The minimum Gasteiger partial charge on any atom is -0.313 e. The van der Waals surface area contributed by atoms with Crippen molar-refractivity contribution < 1.29 is 0 Å². The molecule has 0 spiro atoms. The van der Waals surface area contributed by atoms with E-state index < -0.39 is 0 Å². The van der Waals surface area contributed by atoms with Crippen LogP contribution in [0, 0.1) is 0 Å². The van der Waals surface area contributed by atoms with Gasteiger partial charge in [-0.25, -0.2) is 9.97 Å². The normalized spacial score (nSPS) is 13.7. The standard InChI is InChI=1S/C61H44N4S.C2H6/c1-3-16-53-57(4-2)66-58-39-45(33-35-54(58)64(53)47-21-9-6-10-22-47)44-31-34-51-56(38-44)65(55-36-32-42-19-11-12-24-49(42)59(51)55)48-23-15-20-46(37-48)61-62-52-26-14-13-25-50(52)60(63-61)43-29-27-41(28-30-43)40-17-7-5-8-18-40;1-2/h3-14,16-22,24-39H,2,15,23H2,1H3;1-2H3/b16-3-;. The maximum Gasteiger partial charge on any atom is 0.160 e. The van der Waals surface area contributed by atoms with Gasteiger partial charge in [-0.15, -0.1) is 0 Å². The van der Waals surface area contributed by atoms with Crippen LogP contribution >= 0.6 is 11.8 Å². The Bertz CT molecular complexity index is 3690. The number of rotatable bonds is 8. The van der Waals surface area contributed by atoms with Crippen molar-refractivity contribution in [1.29, 1.82) is 0 Å². The summed E-state index contributed by atoms with van der Waals surface area (Å²) in [5, 5.41) is 6.04. The fraction of sp³-hybridized carbons (Fsp3) is 0.0794. The molecule has 1 aliphatic heterocycles. The molecule has 328 valence electrons. The molecule has 0 unspecified atom stereocenters. The van der Waals surface area contributed by atoms with Crippen molar-refractivity contribution in [3.63, 3.8) is 0 Å². The lowest BCUT2D eigenvalue weighted by Crippen LogP contribution is -2.19. The molecule has 1 aliphatic carbocycles. The molecule has 0 fully saturated rings. The fourth-order valence-electron chi connectivity index (χ4n) is 9.86. The van der Waals surface area contributed by atoms with E-state index in [0.717, 1.165) is 68.4 Å². The number of nitrogens with zero attached hydrogens (tertiary/aromatic N) is 4. The molecule has 2 aromatic heterocycles. The van der Waals surface area contributed by atoms with Gasteiger partial charge >= 0.3 is 0 Å². The summed E-state index contributed by atoms with van der Waals surface area (Å²) in [5.74, 6) is 0.738. The van der Waals surface area contributed by atoms with Crippen LogP contribution in [0.5, 0.6) is 0 Å². The summed E-state index contributed by atoms with van der Waals surface area (Å²) in [7, 11) is 0. The predicted octanol–water partition coefficient (Wildman–Crippen LogP) is 17.9. The van der Waals surface area contributed by atoms with Crippen LogP contribution in [-0.4, -0.2) is 14.5 Å². The number of hydrogen-bond donors (Lipinski definition) is 0. The van der Waals surface area contributed by atoms with Gasteiger partial charge in [-0.1, -0.05) is 190 Å². The molecule has 4 nitrogen and oxygen atoms in total. The second-order valence-electron chi connectivity index (χ2n) is 16.8. The number of thioether (sulfide) groups is 1. The van der Waals surface area contributed by atoms with E-state index >= 15 is 0 Å². The third-order valence-corrected chi connectivity index (χ3v) is 14.1. The molecule has 2 aliphatic rings. The molecule has 8 aromatic carbocycles. The summed E-state index contributed by atoms with van der Waals surface area (Å²) in [4.78, 5) is 15.3. The maximum absolute atomic E-state index is 5.37. The van der Waals surface area contributed by atoms with E-state index in [1.807, 2.05) is 19.9 Å². The summed E-state index contributed by atoms with van der Waals surface area (Å²) in [6.45, 7) is 10.3. The first-order chi connectivity index (χ1) is 33.6. The number of aromatic nitrogens is 3. The van der Waals surface area contributed by atoms with E-state index in [1.54, 1.807) is 11.8 Å². The van der Waals surface area contributed by atoms with Gasteiger partial charge in [-0.3, -0.25) is 0 Å². The van der Waals surface area contributed by atoms with Gasteiger partial charge in [0, 0.05) is 48.5 Å². The van der Waals surface area contributed by atoms with E-state index in [9.17, 15) is 0 Å². The Kier molecular flexibility index (Phi) is 11.5. The van der Waals surface area contributed by atoms with Crippen molar-refractivity contribution in [2.24, 2.45) is 0 Å². The second kappa shape index (κ2) is 18.4. The van der Waals surface area contributed by atoms with Crippen LogP contribution in [0.4, 0.5) is 11.4 Å². The van der Waals surface area contributed by atoms with Crippen LogP contribution in [0.15, 0.2) is 234 Å². The Morgan fingerprint density at radius 3 is 2.07 bits per heavy atom. The smallest absolute Gasteiger partial charge is 0.160 e. The van der Waals surface area contributed by atoms with Gasteiger partial charge < -0.3 is 9.47 Å². The van der Waals surface area contributed by atoms with Gasteiger partial charge in [0.25, 0.3) is 0 Å². The Morgan fingerprint density at radius 2 is 1.28 bits per heavy atom. The van der Waals surface area contributed by atoms with Crippen molar-refractivity contribution in [3.05, 3.63) is 235 Å². The van der Waals surface area contributed by atoms with Gasteiger partial charge in [0.15, 0.2) is 5.82 Å². The van der Waals surface area contributed by atoms with Gasteiger partial charge in [0.2, 0.25) is 0 Å².